The van der Waals surface area contributed by atoms with Crippen molar-refractivity contribution in [3.63, 3.8) is 0 Å². The van der Waals surface area contributed by atoms with E-state index in [0.29, 0.717) is 11.6 Å². The number of hydrogen-bond donors (Lipinski definition) is 0. The van der Waals surface area contributed by atoms with Gasteiger partial charge in [0.1, 0.15) is 6.07 Å². The van der Waals surface area contributed by atoms with Gasteiger partial charge < -0.3 is 0 Å². The molecular formula is C17H20N4. The molecule has 108 valence electrons. The molecule has 1 aromatic heterocycles. The SMILES string of the molecule is Cc1ccc(C)c(-n2nnc(C#N)c2C2CCCCC2)c1. The zero-order chi connectivity index (χ0) is 14.8. The van der Waals surface area contributed by atoms with E-state index in [-0.39, 0.29) is 0 Å². The molecule has 1 aliphatic rings. The lowest BCUT2D eigenvalue weighted by molar-refractivity contribution is 0.429. The Kier molecular flexibility index (Phi) is 3.74. The number of nitrogens with zero attached hydrogens (tertiary/aromatic N) is 4. The molecule has 0 radical (unpaired) electrons. The second-order valence-electron chi connectivity index (χ2n) is 5.97. The van der Waals surface area contributed by atoms with Crippen LogP contribution in [0.25, 0.3) is 5.69 Å². The Morgan fingerprint density at radius 3 is 2.67 bits per heavy atom. The minimum atomic E-state index is 0.406. The van der Waals surface area contributed by atoms with Crippen molar-refractivity contribution >= 4 is 0 Å². The van der Waals surface area contributed by atoms with Crippen molar-refractivity contribution in [2.45, 2.75) is 51.9 Å². The molecule has 1 aromatic carbocycles. The van der Waals surface area contributed by atoms with Crippen LogP contribution in [-0.2, 0) is 0 Å². The van der Waals surface area contributed by atoms with Gasteiger partial charge in [-0.2, -0.15) is 5.26 Å². The first-order valence-corrected chi connectivity index (χ1v) is 7.64. The van der Waals surface area contributed by atoms with E-state index in [1.54, 1.807) is 0 Å². The van der Waals surface area contributed by atoms with E-state index in [1.165, 1.54) is 24.8 Å². The Morgan fingerprint density at radius 1 is 1.19 bits per heavy atom. The fourth-order valence-electron chi connectivity index (χ4n) is 3.24. The number of aryl methyl sites for hydroxylation is 2. The number of nitriles is 1. The average molecular weight is 280 g/mol. The molecule has 1 fully saturated rings. The van der Waals surface area contributed by atoms with Crippen LogP contribution in [0.2, 0.25) is 0 Å². The van der Waals surface area contributed by atoms with Crippen LogP contribution in [0.5, 0.6) is 0 Å². The predicted molar refractivity (Wildman–Crippen MR) is 81.4 cm³/mol. The molecule has 1 aliphatic carbocycles. The van der Waals surface area contributed by atoms with Crippen LogP contribution in [-0.4, -0.2) is 15.0 Å². The van der Waals surface area contributed by atoms with Gasteiger partial charge in [-0.3, -0.25) is 0 Å². The molecule has 0 unspecified atom stereocenters. The third kappa shape index (κ3) is 2.56. The van der Waals surface area contributed by atoms with Crippen molar-refractivity contribution < 1.29 is 0 Å². The van der Waals surface area contributed by atoms with E-state index in [0.717, 1.165) is 29.8 Å². The highest BCUT2D eigenvalue weighted by Gasteiger charge is 2.25. The van der Waals surface area contributed by atoms with E-state index in [4.69, 9.17) is 0 Å². The van der Waals surface area contributed by atoms with Gasteiger partial charge in [0.05, 0.1) is 11.4 Å². The number of hydrogen-bond acceptors (Lipinski definition) is 3. The molecule has 0 N–H and O–H groups in total. The lowest BCUT2D eigenvalue weighted by Gasteiger charge is -2.22. The molecule has 4 nitrogen and oxygen atoms in total. The van der Waals surface area contributed by atoms with Crippen molar-refractivity contribution in [3.05, 3.63) is 40.7 Å². The summed E-state index contributed by atoms with van der Waals surface area (Å²) in [5.41, 5.74) is 4.89. The van der Waals surface area contributed by atoms with Crippen LogP contribution in [0.1, 0.15) is 60.5 Å². The van der Waals surface area contributed by atoms with Crippen molar-refractivity contribution in [1.82, 2.24) is 15.0 Å². The Balaban J connectivity index is 2.12. The van der Waals surface area contributed by atoms with Gasteiger partial charge in [-0.15, -0.1) is 5.10 Å². The molecule has 0 aliphatic heterocycles. The summed E-state index contributed by atoms with van der Waals surface area (Å²) in [4.78, 5) is 0. The van der Waals surface area contributed by atoms with Crippen LogP contribution < -0.4 is 0 Å². The van der Waals surface area contributed by atoms with Crippen LogP contribution in [0.3, 0.4) is 0 Å². The maximum Gasteiger partial charge on any atom is 0.186 e. The molecule has 4 heteroatoms. The first kappa shape index (κ1) is 13.8. The molecule has 1 saturated carbocycles. The van der Waals surface area contributed by atoms with Crippen molar-refractivity contribution in [1.29, 1.82) is 5.26 Å². The largest absolute Gasteiger partial charge is 0.216 e. The number of benzene rings is 1. The van der Waals surface area contributed by atoms with Crippen molar-refractivity contribution in [2.24, 2.45) is 0 Å². The summed E-state index contributed by atoms with van der Waals surface area (Å²) in [5, 5.41) is 17.8. The molecule has 3 rings (SSSR count). The summed E-state index contributed by atoms with van der Waals surface area (Å²) in [7, 11) is 0. The highest BCUT2D eigenvalue weighted by atomic mass is 15.4. The summed E-state index contributed by atoms with van der Waals surface area (Å²) < 4.78 is 1.90. The lowest BCUT2D eigenvalue weighted by atomic mass is 9.86. The third-order valence-corrected chi connectivity index (χ3v) is 4.40. The highest BCUT2D eigenvalue weighted by Crippen LogP contribution is 2.35. The van der Waals surface area contributed by atoms with E-state index in [2.05, 4.69) is 48.4 Å². The van der Waals surface area contributed by atoms with Gasteiger partial charge in [0, 0.05) is 5.92 Å². The topological polar surface area (TPSA) is 54.5 Å². The third-order valence-electron chi connectivity index (χ3n) is 4.40. The standard InChI is InChI=1S/C17H20N4/c1-12-8-9-13(2)16(10-12)21-17(15(11-18)19-20-21)14-6-4-3-5-7-14/h8-10,14H,3-7H2,1-2H3. The van der Waals surface area contributed by atoms with E-state index >= 15 is 0 Å². The normalized spacial score (nSPS) is 15.9. The van der Waals surface area contributed by atoms with Gasteiger partial charge in [-0.25, -0.2) is 4.68 Å². The van der Waals surface area contributed by atoms with E-state index in [9.17, 15) is 5.26 Å². The van der Waals surface area contributed by atoms with Crippen LogP contribution in [0.4, 0.5) is 0 Å². The Morgan fingerprint density at radius 2 is 1.95 bits per heavy atom. The summed E-state index contributed by atoms with van der Waals surface area (Å²) in [6.45, 7) is 4.15. The Hall–Kier alpha value is -2.15. The van der Waals surface area contributed by atoms with Gasteiger partial charge in [0.2, 0.25) is 0 Å². The first-order valence-electron chi connectivity index (χ1n) is 7.64. The second-order valence-corrected chi connectivity index (χ2v) is 5.97. The monoisotopic (exact) mass is 280 g/mol. The molecular weight excluding hydrogens is 260 g/mol. The van der Waals surface area contributed by atoms with Gasteiger partial charge in [-0.05, 0) is 43.9 Å². The summed E-state index contributed by atoms with van der Waals surface area (Å²) in [5.74, 6) is 0.406. The van der Waals surface area contributed by atoms with Crippen LogP contribution in [0.15, 0.2) is 18.2 Å². The second kappa shape index (κ2) is 5.69. The predicted octanol–water partition coefficient (Wildman–Crippen LogP) is 3.80. The first-order chi connectivity index (χ1) is 10.2. The molecule has 0 saturated heterocycles. The highest BCUT2D eigenvalue weighted by molar-refractivity contribution is 5.45. The van der Waals surface area contributed by atoms with Gasteiger partial charge in [0.25, 0.3) is 0 Å². The van der Waals surface area contributed by atoms with E-state index < -0.39 is 0 Å². The minimum Gasteiger partial charge on any atom is -0.216 e. The maximum absolute atomic E-state index is 9.37. The zero-order valence-corrected chi connectivity index (χ0v) is 12.6. The van der Waals surface area contributed by atoms with Gasteiger partial charge in [0.15, 0.2) is 5.69 Å². The molecule has 0 amide bonds. The molecule has 0 spiro atoms. The van der Waals surface area contributed by atoms with Gasteiger partial charge in [-0.1, -0.05) is 36.6 Å². The van der Waals surface area contributed by atoms with Crippen molar-refractivity contribution in [2.75, 3.05) is 0 Å². The average Bonchev–Trinajstić information content (AvgIpc) is 2.94. The molecule has 0 atom stereocenters. The Labute approximate surface area is 125 Å². The fraction of sp³-hybridized carbons (Fsp3) is 0.471. The quantitative estimate of drug-likeness (QED) is 0.840. The number of aromatic nitrogens is 3. The van der Waals surface area contributed by atoms with Crippen LogP contribution >= 0.6 is 0 Å². The molecule has 2 aromatic rings. The van der Waals surface area contributed by atoms with Gasteiger partial charge >= 0.3 is 0 Å². The molecule has 1 heterocycles. The minimum absolute atomic E-state index is 0.406. The number of rotatable bonds is 2. The molecule has 21 heavy (non-hydrogen) atoms. The lowest BCUT2D eigenvalue weighted by Crippen LogP contribution is -2.13. The summed E-state index contributed by atoms with van der Waals surface area (Å²) >= 11 is 0. The smallest absolute Gasteiger partial charge is 0.186 e. The molecule has 0 bridgehead atoms. The summed E-state index contributed by atoms with van der Waals surface area (Å²) in [6.07, 6.45) is 6.02. The maximum atomic E-state index is 9.37. The van der Waals surface area contributed by atoms with Crippen molar-refractivity contribution in [3.8, 4) is 11.8 Å². The van der Waals surface area contributed by atoms with E-state index in [1.807, 2.05) is 4.68 Å². The van der Waals surface area contributed by atoms with Crippen LogP contribution in [0, 0.1) is 25.2 Å². The summed E-state index contributed by atoms with van der Waals surface area (Å²) in [6, 6.07) is 8.54. The fourth-order valence-corrected chi connectivity index (χ4v) is 3.24. The Bertz CT molecular complexity index is 687. The zero-order valence-electron chi connectivity index (χ0n) is 12.6.